The maximum atomic E-state index is 12.1. The molecule has 1 amide bonds. The van der Waals surface area contributed by atoms with Gasteiger partial charge in [0.15, 0.2) is 0 Å². The third kappa shape index (κ3) is 5.50. The van der Waals surface area contributed by atoms with Gasteiger partial charge in [-0.15, -0.1) is 0 Å². The second kappa shape index (κ2) is 9.28. The lowest BCUT2D eigenvalue weighted by atomic mass is 10.1. The third-order valence-electron chi connectivity index (χ3n) is 3.93. The van der Waals surface area contributed by atoms with E-state index in [9.17, 15) is 4.79 Å². The molecular weight excluding hydrogens is 342 g/mol. The van der Waals surface area contributed by atoms with Crippen molar-refractivity contribution in [3.05, 3.63) is 77.9 Å². The summed E-state index contributed by atoms with van der Waals surface area (Å²) in [5, 5.41) is 5.95. The standard InChI is InChI=1S/C20H21N5O2/c1-27-18-7-5-15(6-8-18)9-11-22-20-24-12-16(13-25-20)19(26)23-14-17-4-2-3-10-21-17/h2-8,10,12-13H,9,11,14H2,1H3,(H,23,26)(H,22,24,25). The van der Waals surface area contributed by atoms with Crippen LogP contribution in [-0.4, -0.2) is 34.5 Å². The number of aromatic nitrogens is 3. The Morgan fingerprint density at radius 2 is 1.81 bits per heavy atom. The maximum absolute atomic E-state index is 12.1. The highest BCUT2D eigenvalue weighted by Crippen LogP contribution is 2.11. The number of nitrogens with one attached hydrogen (secondary N) is 2. The molecule has 2 N–H and O–H groups in total. The second-order valence-corrected chi connectivity index (χ2v) is 5.82. The molecule has 2 aromatic heterocycles. The Bertz CT molecular complexity index is 852. The van der Waals surface area contributed by atoms with E-state index < -0.39 is 0 Å². The maximum Gasteiger partial charge on any atom is 0.254 e. The fraction of sp³-hybridized carbons (Fsp3) is 0.200. The van der Waals surface area contributed by atoms with Gasteiger partial charge in [-0.3, -0.25) is 9.78 Å². The van der Waals surface area contributed by atoms with Crippen LogP contribution in [0.3, 0.4) is 0 Å². The molecule has 138 valence electrons. The van der Waals surface area contributed by atoms with Gasteiger partial charge in [-0.2, -0.15) is 0 Å². The van der Waals surface area contributed by atoms with Gasteiger partial charge >= 0.3 is 0 Å². The van der Waals surface area contributed by atoms with Crippen LogP contribution < -0.4 is 15.4 Å². The van der Waals surface area contributed by atoms with Gasteiger partial charge in [-0.05, 0) is 36.2 Å². The summed E-state index contributed by atoms with van der Waals surface area (Å²) < 4.78 is 5.14. The predicted octanol–water partition coefficient (Wildman–Crippen LogP) is 2.46. The minimum absolute atomic E-state index is 0.231. The predicted molar refractivity (Wildman–Crippen MR) is 103 cm³/mol. The van der Waals surface area contributed by atoms with Crippen molar-refractivity contribution in [2.45, 2.75) is 13.0 Å². The average molecular weight is 363 g/mol. The van der Waals surface area contributed by atoms with Crippen LogP contribution in [0.2, 0.25) is 0 Å². The molecule has 0 atom stereocenters. The van der Waals surface area contributed by atoms with Crippen molar-refractivity contribution in [3.63, 3.8) is 0 Å². The summed E-state index contributed by atoms with van der Waals surface area (Å²) >= 11 is 0. The molecule has 0 aliphatic heterocycles. The van der Waals surface area contributed by atoms with Gasteiger partial charge in [0.1, 0.15) is 5.75 Å². The Morgan fingerprint density at radius 3 is 2.48 bits per heavy atom. The number of nitrogens with zero attached hydrogens (tertiary/aromatic N) is 3. The largest absolute Gasteiger partial charge is 0.497 e. The molecule has 0 radical (unpaired) electrons. The van der Waals surface area contributed by atoms with Gasteiger partial charge in [-0.1, -0.05) is 18.2 Å². The van der Waals surface area contributed by atoms with E-state index in [0.29, 0.717) is 24.6 Å². The van der Waals surface area contributed by atoms with Crippen LogP contribution in [0.15, 0.2) is 61.1 Å². The van der Waals surface area contributed by atoms with E-state index in [2.05, 4.69) is 25.6 Å². The zero-order chi connectivity index (χ0) is 18.9. The van der Waals surface area contributed by atoms with Crippen molar-refractivity contribution in [2.75, 3.05) is 19.0 Å². The highest BCUT2D eigenvalue weighted by molar-refractivity contribution is 5.93. The molecule has 0 fully saturated rings. The molecule has 3 rings (SSSR count). The number of anilines is 1. The minimum Gasteiger partial charge on any atom is -0.497 e. The van der Waals surface area contributed by atoms with Gasteiger partial charge in [0.25, 0.3) is 5.91 Å². The average Bonchev–Trinajstić information content (AvgIpc) is 2.74. The Hall–Kier alpha value is -3.48. The first kappa shape index (κ1) is 18.3. The number of rotatable bonds is 8. The molecular formula is C20H21N5O2. The first-order chi connectivity index (χ1) is 13.2. The van der Waals surface area contributed by atoms with Gasteiger partial charge in [0.2, 0.25) is 5.95 Å². The highest BCUT2D eigenvalue weighted by Gasteiger charge is 2.07. The molecule has 7 heteroatoms. The summed E-state index contributed by atoms with van der Waals surface area (Å²) in [7, 11) is 1.65. The first-order valence-electron chi connectivity index (χ1n) is 8.61. The van der Waals surface area contributed by atoms with E-state index in [0.717, 1.165) is 17.9 Å². The molecule has 0 saturated heterocycles. The Labute approximate surface area is 157 Å². The minimum atomic E-state index is -0.231. The van der Waals surface area contributed by atoms with E-state index >= 15 is 0 Å². The molecule has 1 aromatic carbocycles. The Balaban J connectivity index is 1.45. The SMILES string of the molecule is COc1ccc(CCNc2ncc(C(=O)NCc3ccccn3)cn2)cc1. The van der Waals surface area contributed by atoms with Crippen molar-refractivity contribution in [3.8, 4) is 5.75 Å². The number of hydrogen-bond donors (Lipinski definition) is 2. The Morgan fingerprint density at radius 1 is 1.04 bits per heavy atom. The summed E-state index contributed by atoms with van der Waals surface area (Å²) in [6, 6.07) is 13.5. The lowest BCUT2D eigenvalue weighted by molar-refractivity contribution is 0.0949. The molecule has 7 nitrogen and oxygen atoms in total. The normalized spacial score (nSPS) is 10.3. The van der Waals surface area contributed by atoms with Crippen LogP contribution in [0, 0.1) is 0 Å². The monoisotopic (exact) mass is 363 g/mol. The topological polar surface area (TPSA) is 89.0 Å². The van der Waals surface area contributed by atoms with Crippen LogP contribution in [0.5, 0.6) is 5.75 Å². The highest BCUT2D eigenvalue weighted by atomic mass is 16.5. The number of carbonyl (C=O) groups is 1. The first-order valence-corrected chi connectivity index (χ1v) is 8.61. The smallest absolute Gasteiger partial charge is 0.254 e. The second-order valence-electron chi connectivity index (χ2n) is 5.82. The summed E-state index contributed by atoms with van der Waals surface area (Å²) in [5.74, 6) is 1.10. The zero-order valence-electron chi connectivity index (χ0n) is 15.1. The molecule has 3 aromatic rings. The van der Waals surface area contributed by atoms with E-state index in [1.165, 1.54) is 18.0 Å². The molecule has 2 heterocycles. The van der Waals surface area contributed by atoms with Gasteiger partial charge in [0.05, 0.1) is 24.9 Å². The summed E-state index contributed by atoms with van der Waals surface area (Å²) in [6.07, 6.45) is 5.55. The quantitative estimate of drug-likeness (QED) is 0.639. The molecule has 0 aliphatic rings. The Kier molecular flexibility index (Phi) is 6.30. The van der Waals surface area contributed by atoms with Crippen LogP contribution in [0.4, 0.5) is 5.95 Å². The van der Waals surface area contributed by atoms with Gasteiger partial charge in [0, 0.05) is 25.1 Å². The number of pyridine rings is 1. The van der Waals surface area contributed by atoms with Crippen LogP contribution >= 0.6 is 0 Å². The van der Waals surface area contributed by atoms with Crippen molar-refractivity contribution >= 4 is 11.9 Å². The molecule has 0 unspecified atom stereocenters. The summed E-state index contributed by atoms with van der Waals surface area (Å²) in [4.78, 5) is 24.7. The van der Waals surface area contributed by atoms with Gasteiger partial charge < -0.3 is 15.4 Å². The molecule has 0 bridgehead atoms. The number of carbonyl (C=O) groups excluding carboxylic acids is 1. The van der Waals surface area contributed by atoms with E-state index in [4.69, 9.17) is 4.74 Å². The van der Waals surface area contributed by atoms with Crippen LogP contribution in [0.1, 0.15) is 21.6 Å². The fourth-order valence-electron chi connectivity index (χ4n) is 2.42. The number of benzene rings is 1. The van der Waals surface area contributed by atoms with Gasteiger partial charge in [-0.25, -0.2) is 9.97 Å². The van der Waals surface area contributed by atoms with Crippen molar-refractivity contribution in [2.24, 2.45) is 0 Å². The van der Waals surface area contributed by atoms with E-state index in [-0.39, 0.29) is 5.91 Å². The molecule has 0 spiro atoms. The van der Waals surface area contributed by atoms with E-state index in [1.54, 1.807) is 13.3 Å². The van der Waals surface area contributed by atoms with Crippen molar-refractivity contribution in [1.82, 2.24) is 20.3 Å². The van der Waals surface area contributed by atoms with Crippen molar-refractivity contribution in [1.29, 1.82) is 0 Å². The molecule has 0 saturated carbocycles. The number of methoxy groups -OCH3 is 1. The van der Waals surface area contributed by atoms with Crippen LogP contribution in [0.25, 0.3) is 0 Å². The molecule has 27 heavy (non-hydrogen) atoms. The fourth-order valence-corrected chi connectivity index (χ4v) is 2.42. The zero-order valence-corrected chi connectivity index (χ0v) is 15.1. The summed E-state index contributed by atoms with van der Waals surface area (Å²) in [6.45, 7) is 1.05. The number of ether oxygens (including phenoxy) is 1. The summed E-state index contributed by atoms with van der Waals surface area (Å²) in [5.41, 5.74) is 2.39. The van der Waals surface area contributed by atoms with Crippen molar-refractivity contribution < 1.29 is 9.53 Å². The number of amides is 1. The number of hydrogen-bond acceptors (Lipinski definition) is 6. The lowest BCUT2D eigenvalue weighted by Gasteiger charge is -2.07. The van der Waals surface area contributed by atoms with Crippen LogP contribution in [-0.2, 0) is 13.0 Å². The third-order valence-corrected chi connectivity index (χ3v) is 3.93. The lowest BCUT2D eigenvalue weighted by Crippen LogP contribution is -2.23. The molecule has 0 aliphatic carbocycles. The van der Waals surface area contributed by atoms with E-state index in [1.807, 2.05) is 42.5 Å².